The van der Waals surface area contributed by atoms with Crippen molar-refractivity contribution in [3.05, 3.63) is 59.2 Å². The van der Waals surface area contributed by atoms with Crippen LogP contribution in [0.5, 0.6) is 0 Å². The van der Waals surface area contributed by atoms with Gasteiger partial charge in [-0.25, -0.2) is 5.01 Å². The zero-order valence-electron chi connectivity index (χ0n) is 20.5. The van der Waals surface area contributed by atoms with Gasteiger partial charge in [0.1, 0.15) is 17.7 Å². The lowest BCUT2D eigenvalue weighted by molar-refractivity contribution is 0.0566. The molecule has 0 saturated heterocycles. The normalized spacial score (nSPS) is 30.8. The van der Waals surface area contributed by atoms with Crippen LogP contribution >= 0.6 is 0 Å². The van der Waals surface area contributed by atoms with Gasteiger partial charge in [0, 0.05) is 44.0 Å². The molecule has 0 aromatic carbocycles. The quantitative estimate of drug-likeness (QED) is 0.602. The number of hydrogen-bond acceptors (Lipinski definition) is 4. The van der Waals surface area contributed by atoms with Crippen LogP contribution in [0.1, 0.15) is 63.8 Å². The summed E-state index contributed by atoms with van der Waals surface area (Å²) in [7, 11) is 4.13. The standard InChI is InChI=1S/C28H32N6/c1-26(2)23-24(21-13-9-15-32(21)3)31-34-27(17-29,18-30)19-11-7-5-6-8-12-20(19)28(34,25(23)26)22-14-10-16-33(22)4/h9-10,13-16,23,25H,5-8,11-12H2,1-4H3/t23-,25+,28-/m1/s1. The Morgan fingerprint density at radius 1 is 0.912 bits per heavy atom. The summed E-state index contributed by atoms with van der Waals surface area (Å²) >= 11 is 0. The maximum absolute atomic E-state index is 10.7. The van der Waals surface area contributed by atoms with Gasteiger partial charge >= 0.3 is 0 Å². The highest BCUT2D eigenvalue weighted by molar-refractivity contribution is 6.04. The molecular formula is C28H32N6. The second-order valence-electron chi connectivity index (χ2n) is 11.2. The first kappa shape index (κ1) is 21.3. The first-order chi connectivity index (χ1) is 16.4. The zero-order chi connectivity index (χ0) is 23.9. The summed E-state index contributed by atoms with van der Waals surface area (Å²) in [4.78, 5) is 0. The summed E-state index contributed by atoms with van der Waals surface area (Å²) in [6.45, 7) is 4.69. The fourth-order valence-electron chi connectivity index (χ4n) is 7.64. The SMILES string of the molecule is Cn1cccc1C1=NN2C(C#N)(C#N)C3=C(CCCCCC3)[C@@]2(c2cccn2C)[C@H]2[C@@H]1C2(C)C. The van der Waals surface area contributed by atoms with Gasteiger partial charge in [0.05, 0.1) is 11.4 Å². The summed E-state index contributed by atoms with van der Waals surface area (Å²) < 4.78 is 4.30. The molecule has 4 heterocycles. The molecule has 1 saturated carbocycles. The topological polar surface area (TPSA) is 73.0 Å². The molecule has 2 aliphatic carbocycles. The first-order valence-corrected chi connectivity index (χ1v) is 12.5. The van der Waals surface area contributed by atoms with E-state index in [0.29, 0.717) is 0 Å². The highest BCUT2D eigenvalue weighted by Crippen LogP contribution is 2.75. The fraction of sp³-hybridized carbons (Fsp3) is 0.536. The third-order valence-corrected chi connectivity index (χ3v) is 9.16. The first-order valence-electron chi connectivity index (χ1n) is 12.5. The van der Waals surface area contributed by atoms with Crippen LogP contribution in [0.2, 0.25) is 0 Å². The predicted octanol–water partition coefficient (Wildman–Crippen LogP) is 5.00. The Kier molecular flexibility index (Phi) is 4.31. The number of nitriles is 2. The monoisotopic (exact) mass is 452 g/mol. The molecule has 4 aliphatic rings. The van der Waals surface area contributed by atoms with Gasteiger partial charge in [-0.3, -0.25) is 0 Å². The summed E-state index contributed by atoms with van der Waals surface area (Å²) in [6, 6.07) is 13.5. The molecule has 6 heteroatoms. The van der Waals surface area contributed by atoms with Crippen molar-refractivity contribution in [1.29, 1.82) is 10.5 Å². The van der Waals surface area contributed by atoms with Crippen molar-refractivity contribution in [1.82, 2.24) is 14.1 Å². The van der Waals surface area contributed by atoms with Crippen LogP contribution in [0.15, 0.2) is 52.9 Å². The molecule has 2 aromatic rings. The number of hydrogen-bond donors (Lipinski definition) is 0. The van der Waals surface area contributed by atoms with Crippen molar-refractivity contribution in [2.75, 3.05) is 0 Å². The minimum atomic E-state index is -1.38. The molecule has 6 nitrogen and oxygen atoms in total. The van der Waals surface area contributed by atoms with Gasteiger partial charge in [-0.05, 0) is 66.5 Å². The number of aryl methyl sites for hydroxylation is 2. The highest BCUT2D eigenvalue weighted by Gasteiger charge is 2.79. The molecule has 174 valence electrons. The number of aromatic nitrogens is 2. The van der Waals surface area contributed by atoms with E-state index in [1.165, 1.54) is 12.0 Å². The van der Waals surface area contributed by atoms with Crippen molar-refractivity contribution < 1.29 is 0 Å². The van der Waals surface area contributed by atoms with Gasteiger partial charge in [0.15, 0.2) is 0 Å². The third kappa shape index (κ3) is 2.32. The number of rotatable bonds is 2. The molecule has 0 bridgehead atoms. The number of hydrazone groups is 1. The van der Waals surface area contributed by atoms with Crippen molar-refractivity contribution in [3.8, 4) is 12.1 Å². The van der Waals surface area contributed by atoms with Crippen molar-refractivity contribution in [2.45, 2.75) is 63.5 Å². The lowest BCUT2D eigenvalue weighted by Gasteiger charge is -2.46. The summed E-state index contributed by atoms with van der Waals surface area (Å²) in [5, 5.41) is 28.7. The summed E-state index contributed by atoms with van der Waals surface area (Å²) in [5.41, 5.74) is 3.61. The lowest BCUT2D eigenvalue weighted by Crippen LogP contribution is -2.55. The van der Waals surface area contributed by atoms with E-state index in [1.807, 2.05) is 24.3 Å². The van der Waals surface area contributed by atoms with Crippen LogP contribution < -0.4 is 0 Å². The minimum absolute atomic E-state index is 0.0103. The smallest absolute Gasteiger partial charge is 0.252 e. The van der Waals surface area contributed by atoms with Gasteiger partial charge in [-0.15, -0.1) is 0 Å². The molecule has 0 amide bonds. The van der Waals surface area contributed by atoms with Gasteiger partial charge in [-0.1, -0.05) is 26.7 Å². The second kappa shape index (κ2) is 6.89. The maximum Gasteiger partial charge on any atom is 0.252 e. The van der Waals surface area contributed by atoms with E-state index in [-0.39, 0.29) is 17.3 Å². The van der Waals surface area contributed by atoms with E-state index >= 15 is 0 Å². The van der Waals surface area contributed by atoms with Crippen LogP contribution in [-0.2, 0) is 19.6 Å². The second-order valence-corrected chi connectivity index (χ2v) is 11.2. The predicted molar refractivity (Wildman–Crippen MR) is 130 cm³/mol. The third-order valence-electron chi connectivity index (χ3n) is 9.16. The van der Waals surface area contributed by atoms with Crippen molar-refractivity contribution in [3.63, 3.8) is 0 Å². The molecule has 0 spiro atoms. The molecule has 0 N–H and O–H groups in total. The number of fused-ring (bicyclic) bond motifs is 4. The molecular weight excluding hydrogens is 420 g/mol. The van der Waals surface area contributed by atoms with E-state index in [9.17, 15) is 10.5 Å². The Morgan fingerprint density at radius 2 is 1.56 bits per heavy atom. The Labute approximate surface area is 201 Å². The summed E-state index contributed by atoms with van der Waals surface area (Å²) in [6.07, 6.45) is 10.3. The average molecular weight is 453 g/mol. The van der Waals surface area contributed by atoms with Crippen LogP contribution in [-0.4, -0.2) is 25.4 Å². The van der Waals surface area contributed by atoms with E-state index in [1.54, 1.807) is 0 Å². The molecule has 1 fully saturated rings. The van der Waals surface area contributed by atoms with Crippen LogP contribution in [0.25, 0.3) is 0 Å². The lowest BCUT2D eigenvalue weighted by atomic mass is 9.74. The number of nitrogens with zero attached hydrogens (tertiary/aromatic N) is 6. The Bertz CT molecular complexity index is 1310. The van der Waals surface area contributed by atoms with E-state index in [0.717, 1.165) is 54.8 Å². The zero-order valence-corrected chi connectivity index (χ0v) is 20.5. The largest absolute Gasteiger partial charge is 0.352 e. The van der Waals surface area contributed by atoms with Crippen LogP contribution in [0.3, 0.4) is 0 Å². The van der Waals surface area contributed by atoms with E-state index in [4.69, 9.17) is 5.10 Å². The molecule has 6 rings (SSSR count). The maximum atomic E-state index is 10.7. The molecule has 3 atom stereocenters. The van der Waals surface area contributed by atoms with Gasteiger partial charge in [0.2, 0.25) is 0 Å². The van der Waals surface area contributed by atoms with E-state index in [2.05, 4.69) is 66.6 Å². The molecule has 2 aromatic heterocycles. The Morgan fingerprint density at radius 3 is 2.15 bits per heavy atom. The van der Waals surface area contributed by atoms with Crippen molar-refractivity contribution in [2.24, 2.45) is 36.4 Å². The summed E-state index contributed by atoms with van der Waals surface area (Å²) in [5.74, 6) is 0.503. The van der Waals surface area contributed by atoms with Crippen molar-refractivity contribution >= 4 is 5.71 Å². The fourth-order valence-corrected chi connectivity index (χ4v) is 7.64. The average Bonchev–Trinajstić information content (AvgIpc) is 3.17. The minimum Gasteiger partial charge on any atom is -0.352 e. The van der Waals surface area contributed by atoms with Gasteiger partial charge in [0.25, 0.3) is 5.54 Å². The van der Waals surface area contributed by atoms with E-state index < -0.39 is 11.1 Å². The molecule has 0 radical (unpaired) electrons. The van der Waals surface area contributed by atoms with Crippen LogP contribution in [0, 0.1) is 39.9 Å². The van der Waals surface area contributed by atoms with Crippen LogP contribution in [0.4, 0.5) is 0 Å². The van der Waals surface area contributed by atoms with Gasteiger partial charge in [-0.2, -0.15) is 15.6 Å². The molecule has 2 aliphatic heterocycles. The van der Waals surface area contributed by atoms with Gasteiger partial charge < -0.3 is 9.13 Å². The molecule has 34 heavy (non-hydrogen) atoms. The Hall–Kier alpha value is -3.25. The Balaban J connectivity index is 1.72. The highest BCUT2D eigenvalue weighted by atomic mass is 15.6. The molecule has 0 unspecified atom stereocenters.